The van der Waals surface area contributed by atoms with E-state index >= 15 is 4.39 Å². The van der Waals surface area contributed by atoms with Gasteiger partial charge in [-0.15, -0.1) is 11.3 Å². The molecule has 47 heavy (non-hydrogen) atoms. The zero-order valence-corrected chi connectivity index (χ0v) is 27.3. The molecule has 6 heterocycles. The van der Waals surface area contributed by atoms with Crippen molar-refractivity contribution < 1.29 is 9.13 Å². The van der Waals surface area contributed by atoms with Crippen LogP contribution < -0.4 is 10.1 Å². The van der Waals surface area contributed by atoms with Crippen molar-refractivity contribution in [1.29, 1.82) is 0 Å². The van der Waals surface area contributed by atoms with Gasteiger partial charge >= 0.3 is 0 Å². The van der Waals surface area contributed by atoms with Gasteiger partial charge in [-0.25, -0.2) is 4.39 Å². The molecule has 0 spiro atoms. The van der Waals surface area contributed by atoms with Crippen LogP contribution in [-0.4, -0.2) is 28.1 Å². The Morgan fingerprint density at radius 1 is 0.872 bits per heavy atom. The number of piperidine rings is 1. The van der Waals surface area contributed by atoms with Crippen molar-refractivity contribution in [3.63, 3.8) is 0 Å². The lowest BCUT2D eigenvalue weighted by Crippen LogP contribution is -2.33. The number of rotatable bonds is 6. The topological polar surface area (TPSA) is 50.9 Å². The SMILES string of the molecule is CCc1ccc(C2Oc3cc(C4=CN=C(C5C[C@@H]6C[C@@H]6C5)C4)cc(F)c3-c3cc4cc(C5=CN=C([C@@H]6C[C@H]7C[C@H]7N6)C5)ccc4n32)s1. The molecular weight excluding hydrogens is 604 g/mol. The molecule has 2 unspecified atom stereocenters. The van der Waals surface area contributed by atoms with E-state index in [0.717, 1.165) is 69.6 Å². The lowest BCUT2D eigenvalue weighted by molar-refractivity contribution is 0.176. The van der Waals surface area contributed by atoms with Crippen molar-refractivity contribution in [2.75, 3.05) is 0 Å². The number of halogens is 1. The summed E-state index contributed by atoms with van der Waals surface area (Å²) in [6, 6.07) is 18.1. The number of hydrogen-bond acceptors (Lipinski definition) is 5. The molecule has 11 rings (SSSR count). The van der Waals surface area contributed by atoms with E-state index in [9.17, 15) is 0 Å². The summed E-state index contributed by atoms with van der Waals surface area (Å²) in [6.45, 7) is 2.19. The van der Waals surface area contributed by atoms with E-state index in [-0.39, 0.29) is 12.0 Å². The quantitative estimate of drug-likeness (QED) is 0.229. The molecule has 3 aliphatic carbocycles. The van der Waals surface area contributed by atoms with E-state index in [1.165, 1.54) is 59.5 Å². The van der Waals surface area contributed by atoms with Gasteiger partial charge in [0, 0.05) is 59.0 Å². The standard InChI is InChI=1S/C40H37FN4OS/c1-2-29-4-6-38(47-29)40-45-35-5-3-20(27-15-33(43-18-27)34-13-25-12-32(25)44-34)7-26(35)16-36(45)39-30(41)11-23(17-37(39)46-40)28-14-31(42-19-28)24-9-21-8-22(21)10-24/h3-7,11,16-19,21-22,24-25,32,34,40,44H,2,8-10,12-15H2,1H3/t21-,22+,24?,25-,32-,34+,40?/m1/s1. The van der Waals surface area contributed by atoms with Gasteiger partial charge in [-0.2, -0.15) is 0 Å². The molecule has 4 aliphatic heterocycles. The lowest BCUT2D eigenvalue weighted by atomic mass is 9.91. The molecule has 5 nitrogen and oxygen atoms in total. The van der Waals surface area contributed by atoms with E-state index in [1.54, 1.807) is 17.4 Å². The van der Waals surface area contributed by atoms with Crippen LogP contribution >= 0.6 is 11.3 Å². The van der Waals surface area contributed by atoms with Gasteiger partial charge in [0.15, 0.2) is 0 Å². The summed E-state index contributed by atoms with van der Waals surface area (Å²) in [7, 11) is 0. The van der Waals surface area contributed by atoms with E-state index in [2.05, 4.69) is 65.5 Å². The Hall–Kier alpha value is -3.81. The van der Waals surface area contributed by atoms with Crippen LogP contribution in [0, 0.1) is 29.5 Å². The fourth-order valence-corrected chi connectivity index (χ4v) is 10.3. The minimum Gasteiger partial charge on any atom is -0.464 e. The van der Waals surface area contributed by atoms with Gasteiger partial charge < -0.3 is 10.1 Å². The average Bonchev–Trinajstić information content (AvgIpc) is 3.64. The molecule has 0 radical (unpaired) electrons. The molecule has 0 bridgehead atoms. The van der Waals surface area contributed by atoms with Crippen molar-refractivity contribution in [3.8, 4) is 17.0 Å². The van der Waals surface area contributed by atoms with Crippen molar-refractivity contribution in [2.45, 2.75) is 76.6 Å². The number of benzene rings is 2. The number of aliphatic imine (C=N–C) groups is 2. The van der Waals surface area contributed by atoms with E-state index < -0.39 is 0 Å². The van der Waals surface area contributed by atoms with Gasteiger partial charge in [-0.1, -0.05) is 13.0 Å². The van der Waals surface area contributed by atoms with Crippen LogP contribution in [0.1, 0.15) is 79.0 Å². The van der Waals surface area contributed by atoms with Crippen molar-refractivity contribution >= 4 is 44.8 Å². The number of fused-ring (bicyclic) bond motifs is 7. The number of hydrogen-bond donors (Lipinski definition) is 1. The fraction of sp³-hybridized carbons (Fsp3) is 0.400. The zero-order chi connectivity index (χ0) is 31.0. The number of aryl methyl sites for hydroxylation is 1. The summed E-state index contributed by atoms with van der Waals surface area (Å²) in [5, 5.41) is 4.85. The van der Waals surface area contributed by atoms with Crippen LogP contribution in [0.3, 0.4) is 0 Å². The summed E-state index contributed by atoms with van der Waals surface area (Å²) in [6.07, 6.45) is 12.9. The summed E-state index contributed by atoms with van der Waals surface area (Å²) in [5.74, 6) is 3.67. The van der Waals surface area contributed by atoms with Crippen LogP contribution in [-0.2, 0) is 6.42 Å². The Morgan fingerprint density at radius 3 is 2.51 bits per heavy atom. The van der Waals surface area contributed by atoms with Crippen molar-refractivity contribution in [3.05, 3.63) is 87.6 Å². The Morgan fingerprint density at radius 2 is 1.70 bits per heavy atom. The Kier molecular flexibility index (Phi) is 5.70. The van der Waals surface area contributed by atoms with Crippen molar-refractivity contribution in [2.24, 2.45) is 33.7 Å². The maximum atomic E-state index is 16.4. The minimum absolute atomic E-state index is 0.240. The predicted molar refractivity (Wildman–Crippen MR) is 188 cm³/mol. The first kappa shape index (κ1) is 27.2. The highest BCUT2D eigenvalue weighted by Crippen LogP contribution is 2.56. The van der Waals surface area contributed by atoms with Gasteiger partial charge in [-0.05, 0) is 127 Å². The molecule has 236 valence electrons. The van der Waals surface area contributed by atoms with Crippen LogP contribution in [0.15, 0.2) is 70.9 Å². The van der Waals surface area contributed by atoms with Crippen LogP contribution in [0.5, 0.6) is 5.75 Å². The third kappa shape index (κ3) is 4.28. The van der Waals surface area contributed by atoms with Crippen LogP contribution in [0.2, 0.25) is 0 Å². The smallest absolute Gasteiger partial charge is 0.212 e. The maximum Gasteiger partial charge on any atom is 0.212 e. The predicted octanol–water partition coefficient (Wildman–Crippen LogP) is 9.18. The van der Waals surface area contributed by atoms with Crippen LogP contribution in [0.25, 0.3) is 33.3 Å². The summed E-state index contributed by atoms with van der Waals surface area (Å²) in [4.78, 5) is 12.2. The monoisotopic (exact) mass is 640 g/mol. The molecule has 0 amide bonds. The average molecular weight is 641 g/mol. The minimum atomic E-state index is -0.365. The zero-order valence-electron chi connectivity index (χ0n) is 26.5. The van der Waals surface area contributed by atoms with Crippen molar-refractivity contribution in [1.82, 2.24) is 9.88 Å². The molecule has 7 atom stereocenters. The first-order valence-corrected chi connectivity index (χ1v) is 18.4. The van der Waals surface area contributed by atoms with Gasteiger partial charge in [0.2, 0.25) is 6.23 Å². The van der Waals surface area contributed by atoms with E-state index in [4.69, 9.17) is 14.7 Å². The maximum absolute atomic E-state index is 16.4. The normalized spacial score (nSPS) is 31.1. The Labute approximate surface area is 278 Å². The molecule has 1 saturated heterocycles. The Bertz CT molecular complexity index is 2130. The molecule has 1 N–H and O–H groups in total. The summed E-state index contributed by atoms with van der Waals surface area (Å²) >= 11 is 1.78. The van der Waals surface area contributed by atoms with Gasteiger partial charge in [0.05, 0.1) is 21.7 Å². The summed E-state index contributed by atoms with van der Waals surface area (Å²) < 4.78 is 25.4. The number of nitrogens with one attached hydrogen (secondary N) is 1. The number of thiophene rings is 1. The second-order valence-corrected chi connectivity index (χ2v) is 16.2. The number of ether oxygens (including phenoxy) is 1. The highest BCUT2D eigenvalue weighted by atomic mass is 32.1. The largest absolute Gasteiger partial charge is 0.464 e. The highest BCUT2D eigenvalue weighted by Gasteiger charge is 2.48. The second-order valence-electron chi connectivity index (χ2n) is 15.0. The number of aromatic nitrogens is 1. The molecule has 3 saturated carbocycles. The van der Waals surface area contributed by atoms with Gasteiger partial charge in [-0.3, -0.25) is 14.6 Å². The third-order valence-corrected chi connectivity index (χ3v) is 13.4. The summed E-state index contributed by atoms with van der Waals surface area (Å²) in [5.41, 5.74) is 9.44. The number of allylic oxidation sites excluding steroid dienone is 2. The van der Waals surface area contributed by atoms with Crippen LogP contribution in [0.4, 0.5) is 4.39 Å². The van der Waals surface area contributed by atoms with Gasteiger partial charge in [0.25, 0.3) is 0 Å². The van der Waals surface area contributed by atoms with E-state index in [1.807, 2.05) is 6.20 Å². The molecule has 7 heteroatoms. The van der Waals surface area contributed by atoms with E-state index in [0.29, 0.717) is 29.3 Å². The first-order valence-electron chi connectivity index (χ1n) is 17.6. The number of nitrogens with zero attached hydrogens (tertiary/aromatic N) is 3. The van der Waals surface area contributed by atoms with Gasteiger partial charge in [0.1, 0.15) is 11.6 Å². The molecular formula is C40H37FN4OS. The second kappa shape index (κ2) is 9.86. The fourth-order valence-electron chi connectivity index (χ4n) is 9.34. The molecule has 2 aromatic heterocycles. The molecule has 4 fully saturated rings. The lowest BCUT2D eigenvalue weighted by Gasteiger charge is -2.30. The molecule has 4 aromatic rings. The molecule has 2 aromatic carbocycles. The third-order valence-electron chi connectivity index (χ3n) is 12.1. The first-order chi connectivity index (χ1) is 23.1. The molecule has 7 aliphatic rings. The Balaban J connectivity index is 0.949. The highest BCUT2D eigenvalue weighted by molar-refractivity contribution is 7.12.